The maximum Gasteiger partial charge on any atom is 0.335 e. The van der Waals surface area contributed by atoms with Crippen molar-refractivity contribution >= 4 is 0 Å². The molecular weight excluding hydrogens is 455 g/mol. The fourth-order valence-electron chi connectivity index (χ4n) is 4.51. The highest BCUT2D eigenvalue weighted by molar-refractivity contribution is 4.93. The van der Waals surface area contributed by atoms with Crippen molar-refractivity contribution in [3.63, 3.8) is 0 Å². The molecule has 9 heteroatoms. The molecule has 0 amide bonds. The molecule has 0 saturated carbocycles. The van der Waals surface area contributed by atoms with E-state index in [4.69, 9.17) is 9.47 Å². The van der Waals surface area contributed by atoms with Gasteiger partial charge in [0.25, 0.3) is 5.56 Å². The van der Waals surface area contributed by atoms with Gasteiger partial charge in [0.2, 0.25) is 5.82 Å². The fraction of sp³-hybridized carbons (Fsp3) is 0.846. The van der Waals surface area contributed by atoms with Crippen LogP contribution in [-0.4, -0.2) is 44.8 Å². The molecule has 0 spiro atoms. The molecule has 1 saturated heterocycles. The van der Waals surface area contributed by atoms with Crippen molar-refractivity contribution in [2.45, 2.75) is 128 Å². The van der Waals surface area contributed by atoms with E-state index in [0.717, 1.165) is 30.0 Å². The van der Waals surface area contributed by atoms with Crippen LogP contribution in [0.15, 0.2) is 15.8 Å². The van der Waals surface area contributed by atoms with Gasteiger partial charge in [0.1, 0.15) is 19.1 Å². The first-order chi connectivity index (χ1) is 17.0. The zero-order valence-corrected chi connectivity index (χ0v) is 21.3. The molecule has 8 nitrogen and oxygen atoms in total. The average Bonchev–Trinajstić information content (AvgIpc) is 3.23. The van der Waals surface area contributed by atoms with Gasteiger partial charge in [-0.15, -0.1) is 0 Å². The van der Waals surface area contributed by atoms with E-state index in [2.05, 4.69) is 6.92 Å². The molecule has 1 aromatic heterocycles. The first-order valence-electron chi connectivity index (χ1n) is 13.5. The second kappa shape index (κ2) is 17.0. The van der Waals surface area contributed by atoms with Crippen molar-refractivity contribution in [1.82, 2.24) is 9.13 Å². The Labute approximate surface area is 208 Å². The normalized spacial score (nSPS) is 20.1. The van der Waals surface area contributed by atoms with Crippen molar-refractivity contribution < 1.29 is 24.1 Å². The van der Waals surface area contributed by atoms with Crippen LogP contribution in [0.2, 0.25) is 0 Å². The van der Waals surface area contributed by atoms with E-state index >= 15 is 0 Å². The Kier molecular flexibility index (Phi) is 14.4. The SMILES string of the molecule is CCCCCCCCCCCCCCCCOCn1c(=O)c(F)cn([C@@H]2CC(O)[C@H](CO)O2)c1=O. The van der Waals surface area contributed by atoms with Gasteiger partial charge in [-0.05, 0) is 6.42 Å². The van der Waals surface area contributed by atoms with Crippen molar-refractivity contribution in [2.24, 2.45) is 0 Å². The van der Waals surface area contributed by atoms with Gasteiger partial charge >= 0.3 is 5.69 Å². The van der Waals surface area contributed by atoms with Crippen LogP contribution in [0.3, 0.4) is 0 Å². The monoisotopic (exact) mass is 500 g/mol. The lowest BCUT2D eigenvalue weighted by atomic mass is 10.0. The number of aromatic nitrogens is 2. The summed E-state index contributed by atoms with van der Waals surface area (Å²) in [4.78, 5) is 24.8. The van der Waals surface area contributed by atoms with Crippen molar-refractivity contribution in [2.75, 3.05) is 13.2 Å². The third-order valence-corrected chi connectivity index (χ3v) is 6.71. The Balaban J connectivity index is 1.59. The van der Waals surface area contributed by atoms with E-state index in [0.29, 0.717) is 11.2 Å². The third kappa shape index (κ3) is 10.1. The van der Waals surface area contributed by atoms with Gasteiger partial charge in [-0.25, -0.2) is 9.36 Å². The Morgan fingerprint density at radius 1 is 0.971 bits per heavy atom. The number of unbranched alkanes of at least 4 members (excludes halogenated alkanes) is 13. The third-order valence-electron chi connectivity index (χ3n) is 6.71. The van der Waals surface area contributed by atoms with Crippen molar-refractivity contribution in [3.05, 3.63) is 32.9 Å². The number of aliphatic hydroxyl groups is 2. The maximum atomic E-state index is 14.1. The molecule has 1 aliphatic heterocycles. The fourth-order valence-corrected chi connectivity index (χ4v) is 4.51. The maximum absolute atomic E-state index is 14.1. The number of ether oxygens (including phenoxy) is 2. The lowest BCUT2D eigenvalue weighted by Gasteiger charge is -2.16. The minimum Gasteiger partial charge on any atom is -0.394 e. The number of halogens is 1. The zero-order valence-electron chi connectivity index (χ0n) is 21.3. The van der Waals surface area contributed by atoms with E-state index in [1.165, 1.54) is 70.6 Å². The molecule has 3 atom stereocenters. The van der Waals surface area contributed by atoms with E-state index in [1.54, 1.807) is 0 Å². The van der Waals surface area contributed by atoms with E-state index < -0.39 is 42.1 Å². The van der Waals surface area contributed by atoms with Crippen LogP contribution in [0.25, 0.3) is 0 Å². The minimum absolute atomic E-state index is 0.0165. The van der Waals surface area contributed by atoms with E-state index in [-0.39, 0.29) is 13.2 Å². The molecule has 2 heterocycles. The van der Waals surface area contributed by atoms with Gasteiger partial charge in [-0.1, -0.05) is 90.4 Å². The number of nitrogens with zero attached hydrogens (tertiary/aromatic N) is 2. The number of hydrogen-bond acceptors (Lipinski definition) is 6. The van der Waals surface area contributed by atoms with E-state index in [9.17, 15) is 24.2 Å². The summed E-state index contributed by atoms with van der Waals surface area (Å²) in [5, 5.41) is 19.1. The Morgan fingerprint density at radius 2 is 1.51 bits per heavy atom. The van der Waals surface area contributed by atoms with Gasteiger partial charge in [0, 0.05) is 13.0 Å². The van der Waals surface area contributed by atoms with Crippen LogP contribution in [-0.2, 0) is 16.2 Å². The Bertz CT molecular complexity index is 827. The Morgan fingerprint density at radius 3 is 2.03 bits per heavy atom. The molecule has 0 aromatic carbocycles. The largest absolute Gasteiger partial charge is 0.394 e. The van der Waals surface area contributed by atoms with Gasteiger partial charge < -0.3 is 19.7 Å². The zero-order chi connectivity index (χ0) is 25.5. The second-order valence-corrected chi connectivity index (χ2v) is 9.65. The average molecular weight is 501 g/mol. The minimum atomic E-state index is -1.10. The quantitative estimate of drug-likeness (QED) is 0.275. The molecule has 202 valence electrons. The molecule has 1 unspecified atom stereocenters. The van der Waals surface area contributed by atoms with Crippen LogP contribution in [0.4, 0.5) is 4.39 Å². The summed E-state index contributed by atoms with van der Waals surface area (Å²) >= 11 is 0. The summed E-state index contributed by atoms with van der Waals surface area (Å²) in [5.41, 5.74) is -1.82. The van der Waals surface area contributed by atoms with Crippen LogP contribution >= 0.6 is 0 Å². The summed E-state index contributed by atoms with van der Waals surface area (Å²) in [6.07, 6.45) is 15.5. The molecule has 2 N–H and O–H groups in total. The molecule has 1 fully saturated rings. The standard InChI is InChI=1S/C26H45FN2O6/c1-2-3-4-5-6-7-8-9-10-11-12-13-14-15-16-34-20-29-25(32)21(27)18-28(26(29)33)24-17-22(31)23(19-30)35-24/h18,22-24,30-31H,2-17,19-20H2,1H3/t22?,23-,24-/m0/s1. The van der Waals surface area contributed by atoms with Gasteiger partial charge in [0.15, 0.2) is 0 Å². The van der Waals surface area contributed by atoms with E-state index in [1.807, 2.05) is 0 Å². The van der Waals surface area contributed by atoms with Crippen LogP contribution < -0.4 is 11.2 Å². The predicted octanol–water partition coefficient (Wildman–Crippen LogP) is 4.25. The lowest BCUT2D eigenvalue weighted by molar-refractivity contribution is -0.0474. The van der Waals surface area contributed by atoms with Crippen LogP contribution in [0.1, 0.15) is 109 Å². The van der Waals surface area contributed by atoms with Crippen LogP contribution in [0, 0.1) is 5.82 Å². The lowest BCUT2D eigenvalue weighted by Crippen LogP contribution is -2.43. The smallest absolute Gasteiger partial charge is 0.335 e. The molecule has 0 radical (unpaired) electrons. The highest BCUT2D eigenvalue weighted by atomic mass is 19.1. The first-order valence-corrected chi connectivity index (χ1v) is 13.5. The van der Waals surface area contributed by atoms with Crippen molar-refractivity contribution in [3.8, 4) is 0 Å². The Hall–Kier alpha value is -1.55. The second-order valence-electron chi connectivity index (χ2n) is 9.65. The summed E-state index contributed by atoms with van der Waals surface area (Å²) in [6.45, 7) is 1.87. The number of aliphatic hydroxyl groups excluding tert-OH is 2. The highest BCUT2D eigenvalue weighted by Crippen LogP contribution is 2.27. The van der Waals surface area contributed by atoms with Gasteiger partial charge in [-0.2, -0.15) is 4.39 Å². The molecule has 0 aliphatic carbocycles. The molecule has 35 heavy (non-hydrogen) atoms. The molecule has 2 rings (SSSR count). The molecular formula is C26H45FN2O6. The van der Waals surface area contributed by atoms with Gasteiger partial charge in [-0.3, -0.25) is 9.36 Å². The summed E-state index contributed by atoms with van der Waals surface area (Å²) < 4.78 is 26.7. The molecule has 0 bridgehead atoms. The predicted molar refractivity (Wildman–Crippen MR) is 133 cm³/mol. The van der Waals surface area contributed by atoms with Crippen LogP contribution in [0.5, 0.6) is 0 Å². The molecule has 1 aliphatic rings. The van der Waals surface area contributed by atoms with Crippen molar-refractivity contribution in [1.29, 1.82) is 0 Å². The summed E-state index contributed by atoms with van der Waals surface area (Å²) in [6, 6.07) is 0. The number of hydrogen-bond donors (Lipinski definition) is 2. The summed E-state index contributed by atoms with van der Waals surface area (Å²) in [7, 11) is 0. The first kappa shape index (κ1) is 29.7. The topological polar surface area (TPSA) is 103 Å². The number of rotatable bonds is 19. The highest BCUT2D eigenvalue weighted by Gasteiger charge is 2.35. The molecule has 1 aromatic rings. The summed E-state index contributed by atoms with van der Waals surface area (Å²) in [5.74, 6) is -1.10. The van der Waals surface area contributed by atoms with Gasteiger partial charge in [0.05, 0.1) is 18.9 Å².